The fourth-order valence-electron chi connectivity index (χ4n) is 9.85. The number of nitrogens with zero attached hydrogens (tertiary/aromatic N) is 3. The third-order valence-electron chi connectivity index (χ3n) is 11.6. The molecule has 2 spiro atoms. The Morgan fingerprint density at radius 1 is 1.13 bits per heavy atom. The van der Waals surface area contributed by atoms with E-state index in [4.69, 9.17) is 9.47 Å². The number of hydrogen-bond acceptors (Lipinski definition) is 5. The summed E-state index contributed by atoms with van der Waals surface area (Å²) < 4.78 is 12.9. The van der Waals surface area contributed by atoms with Crippen molar-refractivity contribution < 1.29 is 14.3 Å². The van der Waals surface area contributed by atoms with Gasteiger partial charge in [-0.25, -0.2) is 0 Å². The fourth-order valence-corrected chi connectivity index (χ4v) is 9.85. The molecular formula is C32H36N4O3. The number of nitrogens with one attached hydrogen (secondary N) is 1. The van der Waals surface area contributed by atoms with E-state index in [0.29, 0.717) is 12.5 Å². The van der Waals surface area contributed by atoms with Crippen LogP contribution in [-0.4, -0.2) is 70.8 Å². The number of carbonyl (C=O) groups is 1. The smallest absolute Gasteiger partial charge is 0.228 e. The molecule has 2 saturated carbocycles. The zero-order valence-corrected chi connectivity index (χ0v) is 22.6. The third-order valence-corrected chi connectivity index (χ3v) is 11.6. The molecule has 4 bridgehead atoms. The molecule has 7 heteroatoms. The van der Waals surface area contributed by atoms with Gasteiger partial charge in [0.25, 0.3) is 0 Å². The summed E-state index contributed by atoms with van der Waals surface area (Å²) in [5, 5.41) is 8.65. The number of hydrogen-bond donors (Lipinski definition) is 1. The lowest BCUT2D eigenvalue weighted by Crippen LogP contribution is -2.72. The Hall–Kier alpha value is -3.06. The predicted octanol–water partition coefficient (Wildman–Crippen LogP) is 4.23. The number of fused-ring (bicyclic) bond motifs is 4. The molecule has 3 aromatic rings. The molecule has 7 nitrogen and oxygen atoms in total. The van der Waals surface area contributed by atoms with Crippen LogP contribution in [0.25, 0.3) is 10.9 Å². The maximum Gasteiger partial charge on any atom is 0.228 e. The summed E-state index contributed by atoms with van der Waals surface area (Å²) in [6, 6.07) is 13.1. The monoisotopic (exact) mass is 524 g/mol. The second-order valence-corrected chi connectivity index (χ2v) is 13.0. The molecule has 202 valence electrons. The van der Waals surface area contributed by atoms with Gasteiger partial charge in [-0.3, -0.25) is 14.8 Å². The maximum absolute atomic E-state index is 14.1. The standard InChI is InChI=1S/C32H36N4O3/c1-38-25-9-8-20-16-26-31-11-10-24(30-32(31,28(20)29(25)39-30)13-14-35(26)18-19-6-7-19)36(15-12-31)27(37)17-23-21-4-2-3-5-22(21)33-34-23/h2-5,8-9,19,24,26,30H,6-7,10-18H2,1H3,(H,33,34)/t24-,26-,30+,31-,32+/m1/s1. The van der Waals surface area contributed by atoms with Crippen molar-refractivity contribution in [1.29, 1.82) is 0 Å². The lowest BCUT2D eigenvalue weighted by molar-refractivity contribution is -0.143. The molecule has 1 amide bonds. The van der Waals surface area contributed by atoms with Crippen LogP contribution in [0.5, 0.6) is 11.5 Å². The van der Waals surface area contributed by atoms with Crippen molar-refractivity contribution >= 4 is 16.8 Å². The van der Waals surface area contributed by atoms with Gasteiger partial charge in [0.2, 0.25) is 5.91 Å². The van der Waals surface area contributed by atoms with Crippen molar-refractivity contribution in [2.45, 2.75) is 75.0 Å². The van der Waals surface area contributed by atoms with Gasteiger partial charge < -0.3 is 14.4 Å². The van der Waals surface area contributed by atoms with E-state index in [0.717, 1.165) is 72.8 Å². The van der Waals surface area contributed by atoms with E-state index >= 15 is 0 Å². The van der Waals surface area contributed by atoms with Crippen LogP contribution in [0.15, 0.2) is 36.4 Å². The minimum Gasteiger partial charge on any atom is -0.493 e. The van der Waals surface area contributed by atoms with Crippen molar-refractivity contribution in [2.75, 3.05) is 26.7 Å². The van der Waals surface area contributed by atoms with Gasteiger partial charge in [-0.05, 0) is 75.1 Å². The average Bonchev–Trinajstić information content (AvgIpc) is 3.65. The first-order valence-corrected chi connectivity index (χ1v) is 15.0. The zero-order valence-electron chi connectivity index (χ0n) is 22.6. The lowest BCUT2D eigenvalue weighted by atomic mass is 9.42. The Balaban J connectivity index is 1.15. The van der Waals surface area contributed by atoms with Crippen LogP contribution >= 0.6 is 0 Å². The fraction of sp³-hybridized carbons (Fsp3) is 0.562. The molecule has 3 aliphatic carbocycles. The highest BCUT2D eigenvalue weighted by Crippen LogP contribution is 2.71. The summed E-state index contributed by atoms with van der Waals surface area (Å²) in [5.74, 6) is 2.89. The van der Waals surface area contributed by atoms with E-state index in [9.17, 15) is 4.79 Å². The van der Waals surface area contributed by atoms with E-state index in [1.54, 1.807) is 7.11 Å². The summed E-state index contributed by atoms with van der Waals surface area (Å²) in [5.41, 5.74) is 4.83. The summed E-state index contributed by atoms with van der Waals surface area (Å²) in [7, 11) is 1.76. The van der Waals surface area contributed by atoms with E-state index in [-0.39, 0.29) is 28.9 Å². The largest absolute Gasteiger partial charge is 0.493 e. The summed E-state index contributed by atoms with van der Waals surface area (Å²) >= 11 is 0. The van der Waals surface area contributed by atoms with E-state index in [2.05, 4.69) is 38.2 Å². The molecule has 2 aromatic carbocycles. The van der Waals surface area contributed by atoms with Crippen LogP contribution in [0.4, 0.5) is 0 Å². The molecule has 1 aromatic heterocycles. The van der Waals surface area contributed by atoms with E-state index < -0.39 is 0 Å². The van der Waals surface area contributed by atoms with Gasteiger partial charge in [0.05, 0.1) is 30.8 Å². The summed E-state index contributed by atoms with van der Waals surface area (Å²) in [6.07, 6.45) is 8.58. The number of likely N-dealkylation sites (tertiary alicyclic amines) is 1. The molecule has 10 rings (SSSR count). The van der Waals surface area contributed by atoms with Crippen molar-refractivity contribution in [3.63, 3.8) is 0 Å². The number of ether oxygens (including phenoxy) is 2. The van der Waals surface area contributed by atoms with Gasteiger partial charge in [0.15, 0.2) is 11.5 Å². The Labute approximate surface area is 228 Å². The van der Waals surface area contributed by atoms with Crippen LogP contribution in [-0.2, 0) is 23.1 Å². The van der Waals surface area contributed by atoms with Gasteiger partial charge in [-0.15, -0.1) is 0 Å². The molecule has 1 N–H and O–H groups in total. The Bertz CT molecular complexity index is 1510. The van der Waals surface area contributed by atoms with E-state index in [1.807, 2.05) is 18.2 Å². The van der Waals surface area contributed by atoms with Gasteiger partial charge in [0, 0.05) is 40.9 Å². The summed E-state index contributed by atoms with van der Waals surface area (Å²) in [6.45, 7) is 3.20. The van der Waals surface area contributed by atoms with Crippen molar-refractivity contribution in [2.24, 2.45) is 11.3 Å². The molecule has 4 aliphatic heterocycles. The molecule has 7 aliphatic rings. The number of benzene rings is 2. The molecule has 5 atom stereocenters. The number of para-hydroxylation sites is 1. The first-order valence-electron chi connectivity index (χ1n) is 15.0. The quantitative estimate of drug-likeness (QED) is 0.541. The topological polar surface area (TPSA) is 70.7 Å². The Morgan fingerprint density at radius 2 is 2.03 bits per heavy atom. The first-order chi connectivity index (χ1) is 19.1. The number of carbonyl (C=O) groups excluding carboxylic acids is 1. The minimum absolute atomic E-state index is 0.00728. The Morgan fingerprint density at radius 3 is 2.90 bits per heavy atom. The lowest BCUT2D eigenvalue weighted by Gasteiger charge is -2.66. The Kier molecular flexibility index (Phi) is 4.53. The molecule has 39 heavy (non-hydrogen) atoms. The highest BCUT2D eigenvalue weighted by Gasteiger charge is 2.74. The van der Waals surface area contributed by atoms with Crippen LogP contribution in [0.1, 0.15) is 55.3 Å². The average molecular weight is 525 g/mol. The van der Waals surface area contributed by atoms with Crippen molar-refractivity contribution in [3.05, 3.63) is 53.2 Å². The van der Waals surface area contributed by atoms with Crippen molar-refractivity contribution in [3.8, 4) is 11.5 Å². The molecule has 5 fully saturated rings. The molecule has 0 radical (unpaired) electrons. The molecule has 3 saturated heterocycles. The third kappa shape index (κ3) is 2.82. The van der Waals surface area contributed by atoms with Gasteiger partial charge in [-0.1, -0.05) is 24.3 Å². The van der Waals surface area contributed by atoms with E-state index in [1.165, 1.54) is 36.9 Å². The SMILES string of the molecule is COc1ccc2c3c1O[C@H]1[C@H]4CC[C@@]5(CCN4C(=O)Cc4[nH]nc6ccccc46)[C@@H](C2)N(CC2CC2)CC[C@]315. The minimum atomic E-state index is -0.0339. The van der Waals surface area contributed by atoms with Crippen LogP contribution in [0.2, 0.25) is 0 Å². The highest BCUT2D eigenvalue weighted by molar-refractivity contribution is 5.87. The van der Waals surface area contributed by atoms with Crippen LogP contribution in [0, 0.1) is 11.3 Å². The van der Waals surface area contributed by atoms with Gasteiger partial charge in [-0.2, -0.15) is 5.10 Å². The predicted molar refractivity (Wildman–Crippen MR) is 147 cm³/mol. The number of rotatable bonds is 5. The first kappa shape index (κ1) is 22.7. The normalized spacial score (nSPS) is 34.1. The summed E-state index contributed by atoms with van der Waals surface area (Å²) in [4.78, 5) is 19.2. The molecule has 0 unspecified atom stereocenters. The zero-order chi connectivity index (χ0) is 25.9. The second kappa shape index (κ2) is 7.78. The number of aromatic amines is 1. The number of amides is 1. The number of aromatic nitrogens is 2. The second-order valence-electron chi connectivity index (χ2n) is 13.0. The molecule has 5 heterocycles. The van der Waals surface area contributed by atoms with Crippen molar-refractivity contribution in [1.82, 2.24) is 20.0 Å². The number of methoxy groups -OCH3 is 1. The number of piperidine rings is 1. The maximum atomic E-state index is 14.1. The number of H-pyrrole nitrogens is 1. The van der Waals surface area contributed by atoms with Gasteiger partial charge in [0.1, 0.15) is 6.10 Å². The van der Waals surface area contributed by atoms with Gasteiger partial charge >= 0.3 is 0 Å². The highest BCUT2D eigenvalue weighted by atomic mass is 16.5. The van der Waals surface area contributed by atoms with Crippen LogP contribution < -0.4 is 9.47 Å². The molecular weight excluding hydrogens is 488 g/mol. The van der Waals surface area contributed by atoms with Crippen LogP contribution in [0.3, 0.4) is 0 Å².